The van der Waals surface area contributed by atoms with E-state index in [0.29, 0.717) is 11.3 Å². The van der Waals surface area contributed by atoms with E-state index in [1.54, 1.807) is 12.1 Å². The molecule has 2 aromatic carbocycles. The van der Waals surface area contributed by atoms with Crippen LogP contribution in [0.15, 0.2) is 54.6 Å². The molecule has 0 aliphatic heterocycles. The fourth-order valence-electron chi connectivity index (χ4n) is 2.23. The Morgan fingerprint density at radius 3 is 2.52 bits per heavy atom. The van der Waals surface area contributed by atoms with Crippen molar-refractivity contribution in [3.63, 3.8) is 0 Å². The lowest BCUT2D eigenvalue weighted by molar-refractivity contribution is 0.0597. The van der Waals surface area contributed by atoms with Gasteiger partial charge in [0.25, 0.3) is 0 Å². The van der Waals surface area contributed by atoms with Crippen LogP contribution in [0.25, 0.3) is 6.08 Å². The van der Waals surface area contributed by atoms with Crippen molar-refractivity contribution in [1.82, 2.24) is 0 Å². The van der Waals surface area contributed by atoms with Crippen molar-refractivity contribution < 1.29 is 14.3 Å². The highest BCUT2D eigenvalue weighted by molar-refractivity contribution is 5.93. The van der Waals surface area contributed by atoms with Crippen LogP contribution in [0, 0.1) is 0 Å². The van der Waals surface area contributed by atoms with Crippen molar-refractivity contribution in [2.45, 2.75) is 0 Å². The number of nitrogens with zero attached hydrogens (tertiary/aromatic N) is 1. The van der Waals surface area contributed by atoms with Crippen molar-refractivity contribution in [3.05, 3.63) is 65.7 Å². The van der Waals surface area contributed by atoms with Gasteiger partial charge in [0, 0.05) is 19.3 Å². The third-order valence-electron chi connectivity index (χ3n) is 3.52. The standard InChI is InChI=1S/C19H21NO3/c1-20(16-9-5-4-6-10-16)13-7-8-15-11-12-18(22-2)17(14-15)19(21)23-3/h4-12,14H,13H2,1-3H3/b8-7+. The number of carbonyl (C=O) groups excluding carboxylic acids is 1. The molecule has 0 saturated carbocycles. The van der Waals surface area contributed by atoms with Gasteiger partial charge in [-0.05, 0) is 29.8 Å². The zero-order valence-corrected chi connectivity index (χ0v) is 13.7. The van der Waals surface area contributed by atoms with Crippen molar-refractivity contribution in [3.8, 4) is 5.75 Å². The average molecular weight is 311 g/mol. The molecule has 0 spiro atoms. The summed E-state index contributed by atoms with van der Waals surface area (Å²) in [6.45, 7) is 0.767. The number of benzene rings is 2. The van der Waals surface area contributed by atoms with E-state index in [0.717, 1.165) is 17.8 Å². The number of anilines is 1. The Labute approximate surface area is 137 Å². The van der Waals surface area contributed by atoms with Crippen molar-refractivity contribution in [2.24, 2.45) is 0 Å². The van der Waals surface area contributed by atoms with Gasteiger partial charge in [0.15, 0.2) is 0 Å². The third-order valence-corrected chi connectivity index (χ3v) is 3.52. The van der Waals surface area contributed by atoms with Gasteiger partial charge in [0.05, 0.1) is 14.2 Å². The Morgan fingerprint density at radius 2 is 1.87 bits per heavy atom. The van der Waals surface area contributed by atoms with E-state index in [9.17, 15) is 4.79 Å². The zero-order chi connectivity index (χ0) is 16.7. The number of rotatable bonds is 6. The monoisotopic (exact) mass is 311 g/mol. The van der Waals surface area contributed by atoms with Crippen LogP contribution in [-0.2, 0) is 4.74 Å². The molecule has 2 rings (SSSR count). The average Bonchev–Trinajstić information content (AvgIpc) is 2.61. The highest BCUT2D eigenvalue weighted by atomic mass is 16.5. The first kappa shape index (κ1) is 16.6. The molecule has 0 unspecified atom stereocenters. The fourth-order valence-corrected chi connectivity index (χ4v) is 2.23. The smallest absolute Gasteiger partial charge is 0.341 e. The SMILES string of the molecule is COC(=O)c1cc(/C=C/CN(C)c2ccccc2)ccc1OC. The summed E-state index contributed by atoms with van der Waals surface area (Å²) in [5.41, 5.74) is 2.50. The summed E-state index contributed by atoms with van der Waals surface area (Å²) in [6, 6.07) is 15.6. The van der Waals surface area contributed by atoms with Gasteiger partial charge in [0.1, 0.15) is 11.3 Å². The lowest BCUT2D eigenvalue weighted by Crippen LogP contribution is -2.16. The summed E-state index contributed by atoms with van der Waals surface area (Å²) in [7, 11) is 4.93. The van der Waals surface area contributed by atoms with E-state index >= 15 is 0 Å². The summed E-state index contributed by atoms with van der Waals surface area (Å²) < 4.78 is 9.97. The van der Waals surface area contributed by atoms with Gasteiger partial charge < -0.3 is 14.4 Å². The second kappa shape index (κ2) is 8.03. The van der Waals surface area contributed by atoms with Gasteiger partial charge in [0.2, 0.25) is 0 Å². The number of esters is 1. The molecular formula is C19H21NO3. The third kappa shape index (κ3) is 4.36. The van der Waals surface area contributed by atoms with Crippen molar-refractivity contribution >= 4 is 17.7 Å². The van der Waals surface area contributed by atoms with Crippen LogP contribution in [0.4, 0.5) is 5.69 Å². The molecule has 120 valence electrons. The van der Waals surface area contributed by atoms with E-state index < -0.39 is 5.97 Å². The van der Waals surface area contributed by atoms with Crippen LogP contribution < -0.4 is 9.64 Å². The van der Waals surface area contributed by atoms with Crippen LogP contribution >= 0.6 is 0 Å². The van der Waals surface area contributed by atoms with Crippen molar-refractivity contribution in [2.75, 3.05) is 32.7 Å². The normalized spacial score (nSPS) is 10.6. The minimum absolute atomic E-state index is 0.404. The molecule has 0 atom stereocenters. The molecule has 0 aromatic heterocycles. The molecule has 0 heterocycles. The predicted molar refractivity (Wildman–Crippen MR) is 93.1 cm³/mol. The lowest BCUT2D eigenvalue weighted by atomic mass is 10.1. The van der Waals surface area contributed by atoms with Crippen LogP contribution in [0.1, 0.15) is 15.9 Å². The number of likely N-dealkylation sites (N-methyl/N-ethyl adjacent to an activating group) is 1. The first-order valence-electron chi connectivity index (χ1n) is 7.34. The van der Waals surface area contributed by atoms with Gasteiger partial charge in [-0.15, -0.1) is 0 Å². The largest absolute Gasteiger partial charge is 0.496 e. The fraction of sp³-hybridized carbons (Fsp3) is 0.211. The van der Waals surface area contributed by atoms with Crippen molar-refractivity contribution in [1.29, 1.82) is 0 Å². The number of ether oxygens (including phenoxy) is 2. The van der Waals surface area contributed by atoms with E-state index in [1.165, 1.54) is 14.2 Å². The van der Waals surface area contributed by atoms with E-state index in [2.05, 4.69) is 23.1 Å². The van der Waals surface area contributed by atoms with Gasteiger partial charge in [-0.3, -0.25) is 0 Å². The number of hydrogen-bond donors (Lipinski definition) is 0. The minimum atomic E-state index is -0.404. The maximum atomic E-state index is 11.8. The highest BCUT2D eigenvalue weighted by Crippen LogP contribution is 2.21. The van der Waals surface area contributed by atoms with Crippen LogP contribution in [0.3, 0.4) is 0 Å². The van der Waals surface area contributed by atoms with E-state index in [1.807, 2.05) is 37.4 Å². The molecule has 0 amide bonds. The maximum absolute atomic E-state index is 11.8. The van der Waals surface area contributed by atoms with Gasteiger partial charge in [-0.2, -0.15) is 0 Å². The summed E-state index contributed by atoms with van der Waals surface area (Å²) in [4.78, 5) is 13.9. The predicted octanol–water partition coefficient (Wildman–Crippen LogP) is 3.63. The summed E-state index contributed by atoms with van der Waals surface area (Å²) in [6.07, 6.45) is 4.03. The van der Waals surface area contributed by atoms with E-state index in [-0.39, 0.29) is 0 Å². The molecule has 0 fully saturated rings. The van der Waals surface area contributed by atoms with Gasteiger partial charge >= 0.3 is 5.97 Å². The zero-order valence-electron chi connectivity index (χ0n) is 13.7. The molecule has 0 saturated heterocycles. The molecule has 2 aromatic rings. The Hall–Kier alpha value is -2.75. The highest BCUT2D eigenvalue weighted by Gasteiger charge is 2.12. The van der Waals surface area contributed by atoms with Gasteiger partial charge in [-0.25, -0.2) is 4.79 Å². The van der Waals surface area contributed by atoms with Crippen LogP contribution in [-0.4, -0.2) is 33.8 Å². The minimum Gasteiger partial charge on any atom is -0.496 e. The molecule has 23 heavy (non-hydrogen) atoms. The van der Waals surface area contributed by atoms with E-state index in [4.69, 9.17) is 9.47 Å². The summed E-state index contributed by atoms with van der Waals surface area (Å²) >= 11 is 0. The Morgan fingerprint density at radius 1 is 1.13 bits per heavy atom. The summed E-state index contributed by atoms with van der Waals surface area (Å²) in [5, 5.41) is 0. The topological polar surface area (TPSA) is 38.8 Å². The second-order valence-corrected chi connectivity index (χ2v) is 5.07. The second-order valence-electron chi connectivity index (χ2n) is 5.07. The molecular weight excluding hydrogens is 290 g/mol. The first-order valence-corrected chi connectivity index (χ1v) is 7.34. The summed E-state index contributed by atoms with van der Waals surface area (Å²) in [5.74, 6) is 0.105. The Balaban J connectivity index is 2.09. The number of carbonyl (C=O) groups is 1. The number of hydrogen-bond acceptors (Lipinski definition) is 4. The molecule has 0 radical (unpaired) electrons. The molecule has 4 nitrogen and oxygen atoms in total. The molecule has 0 aliphatic rings. The van der Waals surface area contributed by atoms with Gasteiger partial charge in [-0.1, -0.05) is 36.4 Å². The Kier molecular flexibility index (Phi) is 5.80. The Bertz CT molecular complexity index is 680. The molecule has 0 N–H and O–H groups in total. The van der Waals surface area contributed by atoms with Crippen LogP contribution in [0.2, 0.25) is 0 Å². The maximum Gasteiger partial charge on any atom is 0.341 e. The number of methoxy groups -OCH3 is 2. The molecule has 4 heteroatoms. The quantitative estimate of drug-likeness (QED) is 0.764. The first-order chi connectivity index (χ1) is 11.2. The van der Waals surface area contributed by atoms with Crippen LogP contribution in [0.5, 0.6) is 5.75 Å². The number of para-hydroxylation sites is 1. The molecule has 0 bridgehead atoms. The molecule has 0 aliphatic carbocycles. The lowest BCUT2D eigenvalue weighted by Gasteiger charge is -2.16.